The number of ether oxygens (including phenoxy) is 2. The van der Waals surface area contributed by atoms with E-state index in [0.29, 0.717) is 5.75 Å². The van der Waals surface area contributed by atoms with Crippen LogP contribution in [0.5, 0.6) is 5.75 Å². The van der Waals surface area contributed by atoms with Gasteiger partial charge < -0.3 is 9.47 Å². The summed E-state index contributed by atoms with van der Waals surface area (Å²) in [5.41, 5.74) is -1.23. The van der Waals surface area contributed by atoms with Crippen LogP contribution in [0.2, 0.25) is 0 Å². The first-order valence-corrected chi connectivity index (χ1v) is 10.7. The monoisotopic (exact) mass is 446 g/mol. The molecule has 2 aromatic carbocycles. The van der Waals surface area contributed by atoms with Gasteiger partial charge in [-0.25, -0.2) is 4.79 Å². The molecule has 1 saturated carbocycles. The number of thiophene rings is 1. The van der Waals surface area contributed by atoms with Gasteiger partial charge in [-0.1, -0.05) is 36.9 Å². The molecule has 0 bridgehead atoms. The minimum atomic E-state index is -4.60. The molecule has 0 amide bonds. The average Bonchev–Trinajstić information content (AvgIpc) is 3.31. The molecule has 1 aliphatic rings. The van der Waals surface area contributed by atoms with Crippen LogP contribution in [0.25, 0.3) is 20.5 Å². The van der Waals surface area contributed by atoms with E-state index in [9.17, 15) is 18.0 Å². The molecule has 3 aromatic rings. The standard InChI is InChI=1S/C24H21F3O3S/c1-3-22(28)30-21-12-11-20(23(21,2)24(25,26)27)29-17-10-9-16-13-18(31-19(16)14-17)15-7-5-4-6-8-15/h3-10,13-14,20-21H,1,11-12H2,2H3. The third-order valence-corrected chi connectivity index (χ3v) is 7.04. The highest BCUT2D eigenvalue weighted by atomic mass is 32.1. The van der Waals surface area contributed by atoms with Gasteiger partial charge >= 0.3 is 12.1 Å². The lowest BCUT2D eigenvalue weighted by molar-refractivity contribution is -0.262. The van der Waals surface area contributed by atoms with E-state index < -0.39 is 29.8 Å². The largest absolute Gasteiger partial charge is 0.489 e. The fraction of sp³-hybridized carbons (Fsp3) is 0.292. The zero-order valence-electron chi connectivity index (χ0n) is 16.8. The molecular formula is C24H21F3O3S. The molecule has 3 atom stereocenters. The van der Waals surface area contributed by atoms with Crippen molar-refractivity contribution in [3.05, 3.63) is 67.3 Å². The Bertz CT molecular complexity index is 1110. The van der Waals surface area contributed by atoms with Crippen LogP contribution < -0.4 is 4.74 Å². The summed E-state index contributed by atoms with van der Waals surface area (Å²) < 4.78 is 54.0. The second-order valence-corrected chi connectivity index (χ2v) is 8.85. The molecule has 1 aliphatic carbocycles. The van der Waals surface area contributed by atoms with Crippen molar-refractivity contribution >= 4 is 27.4 Å². The highest BCUT2D eigenvalue weighted by Gasteiger charge is 2.66. The van der Waals surface area contributed by atoms with E-state index >= 15 is 0 Å². The third kappa shape index (κ3) is 3.94. The summed E-state index contributed by atoms with van der Waals surface area (Å²) >= 11 is 1.56. The first-order valence-electron chi connectivity index (χ1n) is 9.88. The Morgan fingerprint density at radius 1 is 1.13 bits per heavy atom. The smallest absolute Gasteiger partial charge is 0.401 e. The molecule has 0 radical (unpaired) electrons. The summed E-state index contributed by atoms with van der Waals surface area (Å²) in [5.74, 6) is -0.500. The first-order chi connectivity index (χ1) is 14.7. The van der Waals surface area contributed by atoms with Gasteiger partial charge in [0.25, 0.3) is 0 Å². The lowest BCUT2D eigenvalue weighted by Gasteiger charge is -2.37. The van der Waals surface area contributed by atoms with Gasteiger partial charge in [0.1, 0.15) is 23.4 Å². The molecule has 7 heteroatoms. The molecule has 0 aliphatic heterocycles. The highest BCUT2D eigenvalue weighted by Crippen LogP contribution is 2.53. The third-order valence-electron chi connectivity index (χ3n) is 5.89. The Morgan fingerprint density at radius 3 is 2.52 bits per heavy atom. The van der Waals surface area contributed by atoms with Crippen LogP contribution in [0.1, 0.15) is 19.8 Å². The lowest BCUT2D eigenvalue weighted by Crippen LogP contribution is -2.51. The fourth-order valence-electron chi connectivity index (χ4n) is 4.02. The Morgan fingerprint density at radius 2 is 1.84 bits per heavy atom. The quantitative estimate of drug-likeness (QED) is 0.320. The molecule has 1 aromatic heterocycles. The zero-order chi connectivity index (χ0) is 22.2. The molecule has 1 heterocycles. The Labute approximate surface area is 182 Å². The molecule has 0 N–H and O–H groups in total. The maximum Gasteiger partial charge on any atom is 0.401 e. The van der Waals surface area contributed by atoms with Crippen LogP contribution in [0.15, 0.2) is 67.3 Å². The summed E-state index contributed by atoms with van der Waals surface area (Å²) in [6, 6.07) is 17.3. The minimum Gasteiger partial charge on any atom is -0.489 e. The van der Waals surface area contributed by atoms with Crippen LogP contribution in [0, 0.1) is 5.41 Å². The van der Waals surface area contributed by atoms with Crippen LogP contribution in [0.4, 0.5) is 13.2 Å². The number of fused-ring (bicyclic) bond motifs is 1. The van der Waals surface area contributed by atoms with Gasteiger partial charge in [0, 0.05) is 15.7 Å². The summed E-state index contributed by atoms with van der Waals surface area (Å²) in [6.07, 6.45) is -6.02. The molecule has 1 fully saturated rings. The summed E-state index contributed by atoms with van der Waals surface area (Å²) in [4.78, 5) is 12.6. The molecule has 162 valence electrons. The van der Waals surface area contributed by atoms with Gasteiger partial charge in [-0.3, -0.25) is 0 Å². The number of benzene rings is 2. The van der Waals surface area contributed by atoms with E-state index in [-0.39, 0.29) is 12.8 Å². The summed E-state index contributed by atoms with van der Waals surface area (Å²) in [7, 11) is 0. The van der Waals surface area contributed by atoms with E-state index in [1.54, 1.807) is 23.5 Å². The Hall–Kier alpha value is -2.80. The second-order valence-electron chi connectivity index (χ2n) is 7.77. The van der Waals surface area contributed by atoms with Gasteiger partial charge in [0.15, 0.2) is 0 Å². The van der Waals surface area contributed by atoms with E-state index in [0.717, 1.165) is 33.5 Å². The van der Waals surface area contributed by atoms with Crippen molar-refractivity contribution in [3.8, 4) is 16.2 Å². The van der Waals surface area contributed by atoms with Gasteiger partial charge in [-0.15, -0.1) is 11.3 Å². The molecule has 0 saturated heterocycles. The maximum absolute atomic E-state index is 14.1. The summed E-state index contributed by atoms with van der Waals surface area (Å²) in [5, 5.41) is 0.999. The highest BCUT2D eigenvalue weighted by molar-refractivity contribution is 7.22. The van der Waals surface area contributed by atoms with Crippen molar-refractivity contribution in [1.82, 2.24) is 0 Å². The molecule has 31 heavy (non-hydrogen) atoms. The van der Waals surface area contributed by atoms with E-state index in [1.165, 1.54) is 0 Å². The van der Waals surface area contributed by atoms with Gasteiger partial charge in [-0.2, -0.15) is 13.2 Å². The number of esters is 1. The zero-order valence-corrected chi connectivity index (χ0v) is 17.6. The van der Waals surface area contributed by atoms with Crippen LogP contribution in [0.3, 0.4) is 0 Å². The molecule has 4 rings (SSSR count). The van der Waals surface area contributed by atoms with Gasteiger partial charge in [0.2, 0.25) is 0 Å². The normalized spacial score (nSPS) is 23.6. The van der Waals surface area contributed by atoms with Crippen molar-refractivity contribution in [2.75, 3.05) is 0 Å². The number of alkyl halides is 3. The predicted octanol–water partition coefficient (Wildman–Crippen LogP) is 6.78. The van der Waals surface area contributed by atoms with E-state index in [4.69, 9.17) is 9.47 Å². The predicted molar refractivity (Wildman–Crippen MR) is 115 cm³/mol. The molecule has 3 unspecified atom stereocenters. The molecule has 3 nitrogen and oxygen atoms in total. The molecule has 0 spiro atoms. The van der Waals surface area contributed by atoms with E-state index in [2.05, 4.69) is 12.6 Å². The van der Waals surface area contributed by atoms with Crippen molar-refractivity contribution in [1.29, 1.82) is 0 Å². The Balaban J connectivity index is 1.61. The lowest BCUT2D eigenvalue weighted by atomic mass is 9.83. The van der Waals surface area contributed by atoms with Crippen LogP contribution in [-0.4, -0.2) is 24.4 Å². The van der Waals surface area contributed by atoms with Crippen molar-refractivity contribution < 1.29 is 27.4 Å². The minimum absolute atomic E-state index is 0.0691. The molecular weight excluding hydrogens is 425 g/mol. The second kappa shape index (κ2) is 8.04. The van der Waals surface area contributed by atoms with Crippen LogP contribution >= 0.6 is 11.3 Å². The number of hydrogen-bond donors (Lipinski definition) is 0. The van der Waals surface area contributed by atoms with Crippen LogP contribution in [-0.2, 0) is 9.53 Å². The number of carbonyl (C=O) groups excluding carboxylic acids is 1. The van der Waals surface area contributed by atoms with Gasteiger partial charge in [0.05, 0.1) is 0 Å². The summed E-state index contributed by atoms with van der Waals surface area (Å²) in [6.45, 7) is 4.32. The topological polar surface area (TPSA) is 35.5 Å². The number of hydrogen-bond acceptors (Lipinski definition) is 4. The first kappa shape index (κ1) is 21.4. The van der Waals surface area contributed by atoms with Crippen molar-refractivity contribution in [2.45, 2.75) is 38.1 Å². The van der Waals surface area contributed by atoms with Gasteiger partial charge in [-0.05, 0) is 55.0 Å². The van der Waals surface area contributed by atoms with E-state index in [1.807, 2.05) is 36.4 Å². The number of rotatable bonds is 5. The average molecular weight is 446 g/mol. The van der Waals surface area contributed by atoms with Crippen molar-refractivity contribution in [2.24, 2.45) is 5.41 Å². The Kier molecular flexibility index (Phi) is 5.56. The number of halogens is 3. The number of carbonyl (C=O) groups is 1. The van der Waals surface area contributed by atoms with Crippen molar-refractivity contribution in [3.63, 3.8) is 0 Å². The fourth-order valence-corrected chi connectivity index (χ4v) is 5.12. The SMILES string of the molecule is C=CC(=O)OC1CCC(Oc2ccc3cc(-c4ccccc4)sc3c2)C1(C)C(F)(F)F. The maximum atomic E-state index is 14.1.